The number of hydrazine groups is 1. The Kier molecular flexibility index (Phi) is 4.40. The summed E-state index contributed by atoms with van der Waals surface area (Å²) in [6.45, 7) is 5.25. The van der Waals surface area contributed by atoms with Crippen molar-refractivity contribution < 1.29 is 13.9 Å². The van der Waals surface area contributed by atoms with E-state index in [0.717, 1.165) is 5.01 Å². The van der Waals surface area contributed by atoms with Gasteiger partial charge in [0.05, 0.1) is 10.7 Å². The van der Waals surface area contributed by atoms with Gasteiger partial charge in [0.15, 0.2) is 5.82 Å². The standard InChI is InChI=1S/C12H16ClFN2O2/c1-12(2,3)18-11(17)16(4)15-9-7-5-6-8(13)10(9)14/h5-7,15H,1-4H3. The summed E-state index contributed by atoms with van der Waals surface area (Å²) >= 11 is 5.63. The van der Waals surface area contributed by atoms with Crippen LogP contribution in [0.25, 0.3) is 0 Å². The summed E-state index contributed by atoms with van der Waals surface area (Å²) in [4.78, 5) is 11.6. The number of halogens is 2. The Morgan fingerprint density at radius 1 is 1.44 bits per heavy atom. The van der Waals surface area contributed by atoms with Crippen LogP contribution in [0.3, 0.4) is 0 Å². The van der Waals surface area contributed by atoms with E-state index in [1.54, 1.807) is 26.8 Å². The van der Waals surface area contributed by atoms with E-state index in [9.17, 15) is 9.18 Å². The van der Waals surface area contributed by atoms with E-state index in [-0.39, 0.29) is 10.7 Å². The molecule has 0 aliphatic rings. The molecule has 0 spiro atoms. The third kappa shape index (κ3) is 4.07. The number of anilines is 1. The van der Waals surface area contributed by atoms with E-state index in [4.69, 9.17) is 16.3 Å². The van der Waals surface area contributed by atoms with Crippen LogP contribution >= 0.6 is 11.6 Å². The molecule has 0 atom stereocenters. The van der Waals surface area contributed by atoms with E-state index >= 15 is 0 Å². The monoisotopic (exact) mass is 274 g/mol. The molecule has 18 heavy (non-hydrogen) atoms. The summed E-state index contributed by atoms with van der Waals surface area (Å²) in [5, 5.41) is 1.04. The number of carbonyl (C=O) groups is 1. The quantitative estimate of drug-likeness (QED) is 0.837. The molecule has 0 aliphatic heterocycles. The Labute approximate surface area is 111 Å². The topological polar surface area (TPSA) is 41.6 Å². The number of carbonyl (C=O) groups excluding carboxylic acids is 1. The summed E-state index contributed by atoms with van der Waals surface area (Å²) in [6.07, 6.45) is -0.609. The number of hydrogen-bond acceptors (Lipinski definition) is 3. The zero-order chi connectivity index (χ0) is 13.9. The van der Waals surface area contributed by atoms with E-state index in [1.807, 2.05) is 0 Å². The highest BCUT2D eigenvalue weighted by Gasteiger charge is 2.20. The fraction of sp³-hybridized carbons (Fsp3) is 0.417. The van der Waals surface area contributed by atoms with Crippen LogP contribution in [-0.2, 0) is 4.74 Å². The smallest absolute Gasteiger partial charge is 0.428 e. The molecule has 0 radical (unpaired) electrons. The lowest BCUT2D eigenvalue weighted by atomic mass is 10.2. The fourth-order valence-corrected chi connectivity index (χ4v) is 1.32. The first-order valence-corrected chi connectivity index (χ1v) is 5.76. The van der Waals surface area contributed by atoms with Crippen molar-refractivity contribution in [3.63, 3.8) is 0 Å². The third-order valence-electron chi connectivity index (χ3n) is 1.91. The van der Waals surface area contributed by atoms with E-state index in [1.165, 1.54) is 19.2 Å². The van der Waals surface area contributed by atoms with Gasteiger partial charge in [-0.1, -0.05) is 17.7 Å². The lowest BCUT2D eigenvalue weighted by molar-refractivity contribution is 0.0338. The number of nitrogens with one attached hydrogen (secondary N) is 1. The molecule has 0 aliphatic carbocycles. The maximum atomic E-state index is 13.6. The number of nitrogens with zero attached hydrogens (tertiary/aromatic N) is 1. The van der Waals surface area contributed by atoms with Crippen molar-refractivity contribution in [2.45, 2.75) is 26.4 Å². The fourth-order valence-electron chi connectivity index (χ4n) is 1.15. The number of rotatable bonds is 2. The molecule has 1 amide bonds. The molecule has 0 saturated heterocycles. The van der Waals surface area contributed by atoms with Gasteiger partial charge in [0.25, 0.3) is 0 Å². The van der Waals surface area contributed by atoms with E-state index < -0.39 is 17.5 Å². The minimum absolute atomic E-state index is 0.0161. The number of amides is 1. The van der Waals surface area contributed by atoms with Gasteiger partial charge in [-0.2, -0.15) is 0 Å². The van der Waals surface area contributed by atoms with Gasteiger partial charge < -0.3 is 4.74 Å². The van der Waals surface area contributed by atoms with Crippen LogP contribution in [0.2, 0.25) is 5.02 Å². The highest BCUT2D eigenvalue weighted by molar-refractivity contribution is 6.31. The van der Waals surface area contributed by atoms with Crippen molar-refractivity contribution in [1.82, 2.24) is 5.01 Å². The maximum Gasteiger partial charge on any atom is 0.428 e. The minimum Gasteiger partial charge on any atom is -0.442 e. The molecule has 0 aromatic heterocycles. The molecule has 100 valence electrons. The van der Waals surface area contributed by atoms with Gasteiger partial charge in [-0.3, -0.25) is 5.43 Å². The van der Waals surface area contributed by atoms with Gasteiger partial charge in [0, 0.05) is 7.05 Å². The molecule has 0 unspecified atom stereocenters. The molecular formula is C12H16ClFN2O2. The van der Waals surface area contributed by atoms with Crippen molar-refractivity contribution in [2.75, 3.05) is 12.5 Å². The largest absolute Gasteiger partial charge is 0.442 e. The summed E-state index contributed by atoms with van der Waals surface area (Å²) < 4.78 is 18.7. The molecule has 1 aromatic rings. The summed E-state index contributed by atoms with van der Waals surface area (Å²) in [7, 11) is 1.44. The van der Waals surface area contributed by atoms with Crippen LogP contribution in [0.4, 0.5) is 14.9 Å². The van der Waals surface area contributed by atoms with Gasteiger partial charge in [-0.25, -0.2) is 14.2 Å². The van der Waals surface area contributed by atoms with Crippen LogP contribution < -0.4 is 5.43 Å². The van der Waals surface area contributed by atoms with Crippen molar-refractivity contribution in [3.05, 3.63) is 29.0 Å². The Bertz CT molecular complexity index is 446. The maximum absolute atomic E-state index is 13.6. The second-order valence-corrected chi connectivity index (χ2v) is 5.16. The average Bonchev–Trinajstić information content (AvgIpc) is 2.22. The molecule has 0 saturated carbocycles. The van der Waals surface area contributed by atoms with Crippen molar-refractivity contribution in [2.24, 2.45) is 0 Å². The highest BCUT2D eigenvalue weighted by atomic mass is 35.5. The van der Waals surface area contributed by atoms with Crippen molar-refractivity contribution in [1.29, 1.82) is 0 Å². The van der Waals surface area contributed by atoms with Crippen molar-refractivity contribution >= 4 is 23.4 Å². The summed E-state index contributed by atoms with van der Waals surface area (Å²) in [5.41, 5.74) is 2.07. The van der Waals surface area contributed by atoms with Crippen LogP contribution in [0, 0.1) is 5.82 Å². The van der Waals surface area contributed by atoms with E-state index in [2.05, 4.69) is 5.43 Å². The number of hydrogen-bond donors (Lipinski definition) is 1. The molecular weight excluding hydrogens is 259 g/mol. The predicted octanol–water partition coefficient (Wildman–Crippen LogP) is 3.67. The molecule has 0 fully saturated rings. The third-order valence-corrected chi connectivity index (χ3v) is 2.20. The zero-order valence-electron chi connectivity index (χ0n) is 10.8. The molecule has 4 nitrogen and oxygen atoms in total. The minimum atomic E-state index is -0.616. The average molecular weight is 275 g/mol. The van der Waals surface area contributed by atoms with Gasteiger partial charge in [-0.05, 0) is 32.9 Å². The lowest BCUT2D eigenvalue weighted by Crippen LogP contribution is -2.37. The molecule has 6 heteroatoms. The summed E-state index contributed by atoms with van der Waals surface area (Å²) in [6, 6.07) is 4.48. The second-order valence-electron chi connectivity index (χ2n) is 4.75. The Morgan fingerprint density at radius 2 is 2.06 bits per heavy atom. The first-order chi connectivity index (χ1) is 8.20. The second kappa shape index (κ2) is 5.44. The Balaban J connectivity index is 2.73. The first kappa shape index (κ1) is 14.6. The van der Waals surface area contributed by atoms with Crippen molar-refractivity contribution in [3.8, 4) is 0 Å². The van der Waals surface area contributed by atoms with Gasteiger partial charge in [0.1, 0.15) is 5.60 Å². The SMILES string of the molecule is CN(Nc1cccc(Cl)c1F)C(=O)OC(C)(C)C. The van der Waals surface area contributed by atoms with Gasteiger partial charge >= 0.3 is 6.09 Å². The highest BCUT2D eigenvalue weighted by Crippen LogP contribution is 2.22. The first-order valence-electron chi connectivity index (χ1n) is 5.38. The predicted molar refractivity (Wildman–Crippen MR) is 69.0 cm³/mol. The molecule has 0 bridgehead atoms. The van der Waals surface area contributed by atoms with Crippen LogP contribution in [0.15, 0.2) is 18.2 Å². The zero-order valence-corrected chi connectivity index (χ0v) is 11.5. The van der Waals surface area contributed by atoms with Gasteiger partial charge in [-0.15, -0.1) is 0 Å². The normalized spacial score (nSPS) is 11.0. The number of benzene rings is 1. The Morgan fingerprint density at radius 3 is 2.61 bits per heavy atom. The molecule has 1 rings (SSSR count). The Hall–Kier alpha value is -1.49. The lowest BCUT2D eigenvalue weighted by Gasteiger charge is -2.25. The molecule has 1 N–H and O–H groups in total. The van der Waals surface area contributed by atoms with Gasteiger partial charge in [0.2, 0.25) is 0 Å². The summed E-state index contributed by atoms with van der Waals surface area (Å²) in [5.74, 6) is -0.616. The molecule has 0 heterocycles. The van der Waals surface area contributed by atoms with E-state index in [0.29, 0.717) is 0 Å². The molecule has 1 aromatic carbocycles. The number of ether oxygens (including phenoxy) is 1. The van der Waals surface area contributed by atoms with Crippen LogP contribution in [0.1, 0.15) is 20.8 Å². The van der Waals surface area contributed by atoms with Crippen LogP contribution in [-0.4, -0.2) is 23.8 Å². The van der Waals surface area contributed by atoms with Crippen LogP contribution in [0.5, 0.6) is 0 Å².